The first-order valence-electron chi connectivity index (χ1n) is 7.97. The normalized spacial score (nSPS) is 10.9. The highest BCUT2D eigenvalue weighted by molar-refractivity contribution is 6.35. The van der Waals surface area contributed by atoms with Crippen molar-refractivity contribution in [1.82, 2.24) is 4.90 Å². The topological polar surface area (TPSA) is 49.4 Å². The van der Waals surface area contributed by atoms with E-state index >= 15 is 0 Å². The number of rotatable bonds is 6. The van der Waals surface area contributed by atoms with Gasteiger partial charge in [0.15, 0.2) is 0 Å². The summed E-state index contributed by atoms with van der Waals surface area (Å²) in [7, 11) is 0. The van der Waals surface area contributed by atoms with Crippen LogP contribution in [0.15, 0.2) is 42.5 Å². The molecule has 2 aromatic rings. The van der Waals surface area contributed by atoms with Gasteiger partial charge in [-0.2, -0.15) is 0 Å². The quantitative estimate of drug-likeness (QED) is 0.694. The van der Waals surface area contributed by atoms with Crippen LogP contribution in [-0.2, 0) is 9.59 Å². The average molecular weight is 413 g/mol. The molecule has 0 fully saturated rings. The van der Waals surface area contributed by atoms with Gasteiger partial charge in [-0.25, -0.2) is 8.78 Å². The number of carbonyl (C=O) groups is 2. The molecule has 0 heterocycles. The second-order valence-electron chi connectivity index (χ2n) is 5.50. The number of benzene rings is 2. The molecule has 2 aromatic carbocycles. The molecule has 0 aromatic heterocycles. The van der Waals surface area contributed by atoms with E-state index in [1.807, 2.05) is 0 Å². The van der Waals surface area contributed by atoms with E-state index in [1.54, 1.807) is 25.1 Å². The summed E-state index contributed by atoms with van der Waals surface area (Å²) in [5.41, 5.74) is 0.0397. The predicted molar refractivity (Wildman–Crippen MR) is 103 cm³/mol. The van der Waals surface area contributed by atoms with Crippen LogP contribution in [0.1, 0.15) is 12.5 Å². The minimum absolute atomic E-state index is 0.227. The van der Waals surface area contributed by atoms with Crippen molar-refractivity contribution in [3.63, 3.8) is 0 Å². The van der Waals surface area contributed by atoms with E-state index in [4.69, 9.17) is 23.2 Å². The van der Waals surface area contributed by atoms with Gasteiger partial charge in [0.2, 0.25) is 11.8 Å². The molecule has 1 N–H and O–H groups in total. The van der Waals surface area contributed by atoms with E-state index in [0.29, 0.717) is 15.6 Å². The molecule has 2 rings (SSSR count). The summed E-state index contributed by atoms with van der Waals surface area (Å²) in [6.07, 6.45) is 2.76. The Morgan fingerprint density at radius 1 is 1.15 bits per heavy atom. The van der Waals surface area contributed by atoms with Gasteiger partial charge in [0.1, 0.15) is 23.9 Å². The van der Waals surface area contributed by atoms with E-state index in [-0.39, 0.29) is 13.1 Å². The number of anilines is 1. The van der Waals surface area contributed by atoms with Crippen LogP contribution >= 0.6 is 23.2 Å². The van der Waals surface area contributed by atoms with Crippen molar-refractivity contribution >= 4 is 46.8 Å². The fourth-order valence-electron chi connectivity index (χ4n) is 2.22. The van der Waals surface area contributed by atoms with Crippen molar-refractivity contribution in [2.24, 2.45) is 0 Å². The van der Waals surface area contributed by atoms with Crippen LogP contribution in [0, 0.1) is 11.6 Å². The van der Waals surface area contributed by atoms with Gasteiger partial charge >= 0.3 is 0 Å². The van der Waals surface area contributed by atoms with E-state index in [0.717, 1.165) is 12.1 Å². The van der Waals surface area contributed by atoms with E-state index in [1.165, 1.54) is 23.1 Å². The molecule has 2 amide bonds. The number of halogens is 4. The van der Waals surface area contributed by atoms with Gasteiger partial charge < -0.3 is 10.2 Å². The van der Waals surface area contributed by atoms with E-state index in [9.17, 15) is 18.4 Å². The van der Waals surface area contributed by atoms with Gasteiger partial charge in [0, 0.05) is 22.7 Å². The molecule has 0 spiro atoms. The number of hydrogen-bond acceptors (Lipinski definition) is 2. The van der Waals surface area contributed by atoms with Crippen molar-refractivity contribution in [2.45, 2.75) is 6.92 Å². The Morgan fingerprint density at radius 3 is 2.41 bits per heavy atom. The Bertz CT molecular complexity index is 868. The number of hydrogen-bond donors (Lipinski definition) is 1. The summed E-state index contributed by atoms with van der Waals surface area (Å²) in [6, 6.07) is 8.07. The third-order valence-electron chi connectivity index (χ3n) is 3.62. The highest BCUT2D eigenvalue weighted by atomic mass is 35.5. The SMILES string of the molecule is CCN(CC(=O)Nc1c(F)cccc1F)C(=O)/C=C/c1ccc(Cl)cc1Cl. The first-order valence-corrected chi connectivity index (χ1v) is 8.73. The van der Waals surface area contributed by atoms with Crippen LogP contribution in [0.5, 0.6) is 0 Å². The van der Waals surface area contributed by atoms with Gasteiger partial charge in [0.05, 0.1) is 0 Å². The molecule has 0 aliphatic heterocycles. The number of likely N-dealkylation sites (N-methyl/N-ethyl adjacent to an activating group) is 1. The maximum absolute atomic E-state index is 13.6. The average Bonchev–Trinajstić information content (AvgIpc) is 2.62. The van der Waals surface area contributed by atoms with Crippen LogP contribution in [-0.4, -0.2) is 29.8 Å². The second-order valence-corrected chi connectivity index (χ2v) is 6.34. The molecule has 0 atom stereocenters. The van der Waals surface area contributed by atoms with Gasteiger partial charge in [0.25, 0.3) is 0 Å². The van der Waals surface area contributed by atoms with E-state index in [2.05, 4.69) is 5.32 Å². The summed E-state index contributed by atoms with van der Waals surface area (Å²) < 4.78 is 27.2. The van der Waals surface area contributed by atoms with Crippen LogP contribution in [0.25, 0.3) is 6.08 Å². The Morgan fingerprint density at radius 2 is 1.81 bits per heavy atom. The Balaban J connectivity index is 2.04. The Kier molecular flexibility index (Phi) is 7.33. The zero-order valence-corrected chi connectivity index (χ0v) is 15.8. The predicted octanol–water partition coefficient (Wildman–Crippen LogP) is 4.77. The van der Waals surface area contributed by atoms with Crippen LogP contribution in [0.3, 0.4) is 0 Å². The third kappa shape index (κ3) is 5.77. The lowest BCUT2D eigenvalue weighted by Gasteiger charge is -2.19. The lowest BCUT2D eigenvalue weighted by atomic mass is 10.2. The molecule has 8 heteroatoms. The molecule has 0 aliphatic carbocycles. The molecule has 0 unspecified atom stereocenters. The number of carbonyl (C=O) groups excluding carboxylic acids is 2. The molecule has 27 heavy (non-hydrogen) atoms. The molecular weight excluding hydrogens is 397 g/mol. The standard InChI is InChI=1S/C19H16Cl2F2N2O2/c1-2-25(11-17(26)24-19-15(22)4-3-5-16(19)23)18(27)9-7-12-6-8-13(20)10-14(12)21/h3-10H,2,11H2,1H3,(H,24,26)/b9-7+. The smallest absolute Gasteiger partial charge is 0.247 e. The minimum atomic E-state index is -0.894. The zero-order valence-electron chi connectivity index (χ0n) is 14.3. The summed E-state index contributed by atoms with van der Waals surface area (Å²) in [5, 5.41) is 2.99. The number of para-hydroxylation sites is 1. The highest BCUT2D eigenvalue weighted by Crippen LogP contribution is 2.22. The molecule has 0 aliphatic rings. The number of nitrogens with zero attached hydrogens (tertiary/aromatic N) is 1. The van der Waals surface area contributed by atoms with Crippen molar-refractivity contribution in [1.29, 1.82) is 0 Å². The lowest BCUT2D eigenvalue weighted by Crippen LogP contribution is -2.37. The molecule has 4 nitrogen and oxygen atoms in total. The van der Waals surface area contributed by atoms with Crippen LogP contribution < -0.4 is 5.32 Å². The highest BCUT2D eigenvalue weighted by Gasteiger charge is 2.16. The Labute approximate surface area is 165 Å². The molecule has 142 valence electrons. The first kappa shape index (κ1) is 20.9. The Hall–Kier alpha value is -2.44. The third-order valence-corrected chi connectivity index (χ3v) is 4.19. The van der Waals surface area contributed by atoms with Crippen molar-refractivity contribution < 1.29 is 18.4 Å². The second kappa shape index (κ2) is 9.48. The summed E-state index contributed by atoms with van der Waals surface area (Å²) in [5.74, 6) is -2.95. The first-order chi connectivity index (χ1) is 12.8. The van der Waals surface area contributed by atoms with Gasteiger partial charge in [-0.3, -0.25) is 9.59 Å². The molecule has 0 saturated heterocycles. The van der Waals surface area contributed by atoms with Crippen molar-refractivity contribution in [3.8, 4) is 0 Å². The molecule has 0 bridgehead atoms. The monoisotopic (exact) mass is 412 g/mol. The van der Waals surface area contributed by atoms with Crippen molar-refractivity contribution in [2.75, 3.05) is 18.4 Å². The summed E-state index contributed by atoms with van der Waals surface area (Å²) in [6.45, 7) is 1.55. The molecule has 0 saturated carbocycles. The van der Waals surface area contributed by atoms with Crippen LogP contribution in [0.4, 0.5) is 14.5 Å². The maximum Gasteiger partial charge on any atom is 0.247 e. The van der Waals surface area contributed by atoms with E-state index < -0.39 is 29.1 Å². The summed E-state index contributed by atoms with van der Waals surface area (Å²) in [4.78, 5) is 25.6. The van der Waals surface area contributed by atoms with Crippen LogP contribution in [0.2, 0.25) is 10.0 Å². The number of nitrogens with one attached hydrogen (secondary N) is 1. The molecular formula is C19H16Cl2F2N2O2. The fraction of sp³-hybridized carbons (Fsp3) is 0.158. The molecule has 0 radical (unpaired) electrons. The lowest BCUT2D eigenvalue weighted by molar-refractivity contribution is -0.130. The largest absolute Gasteiger partial charge is 0.330 e. The van der Waals surface area contributed by atoms with Gasteiger partial charge in [-0.1, -0.05) is 35.3 Å². The van der Waals surface area contributed by atoms with Gasteiger partial charge in [-0.05, 0) is 42.8 Å². The maximum atomic E-state index is 13.6. The summed E-state index contributed by atoms with van der Waals surface area (Å²) >= 11 is 11.9. The van der Waals surface area contributed by atoms with Crippen molar-refractivity contribution in [3.05, 3.63) is 69.7 Å². The van der Waals surface area contributed by atoms with Gasteiger partial charge in [-0.15, -0.1) is 0 Å². The minimum Gasteiger partial charge on any atom is -0.330 e. The fourth-order valence-corrected chi connectivity index (χ4v) is 2.69. The zero-order chi connectivity index (χ0) is 20.0. The number of amides is 2.